The molecular weight excluding hydrogens is 1130 g/mol. The molecule has 0 aliphatic carbocycles. The van der Waals surface area contributed by atoms with E-state index in [1.807, 2.05) is 12.1 Å². The highest BCUT2D eigenvalue weighted by Crippen LogP contribution is 2.55. The SMILES string of the molecule is [2H]c1c([2H])c([2H])c2c(c1[2H])c1c([2H])c([2H])c([2H])c([2H])c1n2-c1ccc2c(c1)N(c1c(-c3ccccc3)cc(C(C)(C)C)cc1-c1ccccc1)c1cc(C(C)(C)C)cc3c1B2c1ccc(-c2cc(C(C)(C)C)cc(C(C)(C)C)c2)cc1N3c1cc(-c2ccccc2)cc2oc3ccccc3c12. The van der Waals surface area contributed by atoms with E-state index < -0.39 is 36.3 Å². The third kappa shape index (κ3) is 9.64. The summed E-state index contributed by atoms with van der Waals surface area (Å²) in [6.07, 6.45) is 0. The average molecular weight is 1210 g/mol. The number of rotatable bonds is 7. The van der Waals surface area contributed by atoms with E-state index in [-0.39, 0.29) is 62.2 Å². The minimum absolute atomic E-state index is 0.0171. The standard InChI is InChI=1S/C88H78BN3O/c1-85(2,3)61-44-59(45-62(49-61)86(4,5)6)58-40-42-71-75(46-58)91(77-47-60(55-28-16-13-17-29-55)48-81-82(77)68-36-24-27-39-80(68)93-81)78-52-64(88(10,11)12)53-79-83(78)89(71)72-43-41-65(90-73-37-25-22-34-66(73)67-35-23-26-38-74(67)90)54-76(72)92(79)84-69(56-30-18-14-19-31-56)50-63(87(7,8)9)51-70(84)57-32-20-15-21-33-57/h13-54H,1-12H3/i22D,23D,25D,26D,34D,35D,37D,38D. The van der Waals surface area contributed by atoms with Crippen molar-refractivity contribution >= 4 is 101 Å². The largest absolute Gasteiger partial charge is 0.456 e. The third-order valence-electron chi connectivity index (χ3n) is 19.4. The second-order valence-corrected chi connectivity index (χ2v) is 29.6. The number of hydrogen-bond donors (Lipinski definition) is 0. The van der Waals surface area contributed by atoms with Crippen LogP contribution in [0.15, 0.2) is 259 Å². The molecule has 4 heterocycles. The molecule has 0 unspecified atom stereocenters. The van der Waals surface area contributed by atoms with Gasteiger partial charge in [-0.15, -0.1) is 0 Å². The molecule has 4 nitrogen and oxygen atoms in total. The number of para-hydroxylation sites is 3. The molecule has 0 fully saturated rings. The lowest BCUT2D eigenvalue weighted by atomic mass is 9.33. The number of furan rings is 1. The number of hydrogen-bond acceptors (Lipinski definition) is 3. The number of anilines is 6. The van der Waals surface area contributed by atoms with E-state index in [1.54, 1.807) is 4.57 Å². The Morgan fingerprint density at radius 2 is 0.806 bits per heavy atom. The second kappa shape index (κ2) is 21.2. The summed E-state index contributed by atoms with van der Waals surface area (Å²) in [5.41, 5.74) is 22.4. The molecule has 12 aromatic carbocycles. The highest BCUT2D eigenvalue weighted by atomic mass is 16.3. The minimum atomic E-state index is -0.494. The predicted molar refractivity (Wildman–Crippen MR) is 399 cm³/mol. The molecule has 16 rings (SSSR count). The minimum Gasteiger partial charge on any atom is -0.456 e. The molecule has 0 saturated carbocycles. The van der Waals surface area contributed by atoms with Crippen LogP contribution < -0.4 is 26.2 Å². The Morgan fingerprint density at radius 1 is 0.344 bits per heavy atom. The van der Waals surface area contributed by atoms with E-state index in [0.717, 1.165) is 128 Å². The van der Waals surface area contributed by atoms with E-state index in [1.165, 1.54) is 11.1 Å². The van der Waals surface area contributed by atoms with Crippen molar-refractivity contribution in [2.24, 2.45) is 0 Å². The summed E-state index contributed by atoms with van der Waals surface area (Å²) >= 11 is 0. The molecule has 454 valence electrons. The van der Waals surface area contributed by atoms with Gasteiger partial charge in [0.2, 0.25) is 0 Å². The number of aromatic nitrogens is 1. The lowest BCUT2D eigenvalue weighted by Gasteiger charge is -2.46. The van der Waals surface area contributed by atoms with E-state index in [2.05, 4.69) is 287 Å². The summed E-state index contributed by atoms with van der Waals surface area (Å²) in [5, 5.41) is 2.00. The van der Waals surface area contributed by atoms with Crippen molar-refractivity contribution in [1.29, 1.82) is 0 Å². The molecule has 0 saturated heterocycles. The molecule has 0 spiro atoms. The molecule has 0 N–H and O–H groups in total. The first-order valence-corrected chi connectivity index (χ1v) is 32.5. The summed E-state index contributed by atoms with van der Waals surface area (Å²) in [7, 11) is 0. The Kier molecular flexibility index (Phi) is 11.3. The van der Waals surface area contributed by atoms with Crippen LogP contribution in [0.4, 0.5) is 34.1 Å². The Morgan fingerprint density at radius 3 is 1.38 bits per heavy atom. The fraction of sp³-hybridized carbons (Fsp3) is 0.182. The molecule has 0 amide bonds. The number of benzene rings is 12. The van der Waals surface area contributed by atoms with E-state index >= 15 is 0 Å². The maximum atomic E-state index is 9.78. The van der Waals surface area contributed by atoms with Crippen LogP contribution in [-0.4, -0.2) is 11.3 Å². The molecule has 0 bridgehead atoms. The van der Waals surface area contributed by atoms with Gasteiger partial charge in [-0.2, -0.15) is 0 Å². The van der Waals surface area contributed by atoms with Crippen LogP contribution in [0.1, 0.15) is 116 Å². The van der Waals surface area contributed by atoms with Crippen molar-refractivity contribution in [2.75, 3.05) is 9.80 Å². The topological polar surface area (TPSA) is 24.6 Å². The van der Waals surface area contributed by atoms with Gasteiger partial charge in [0.1, 0.15) is 11.2 Å². The van der Waals surface area contributed by atoms with Crippen LogP contribution >= 0.6 is 0 Å². The van der Waals surface area contributed by atoms with E-state index in [9.17, 15) is 8.22 Å². The summed E-state index contributed by atoms with van der Waals surface area (Å²) < 4.78 is 83.8. The highest BCUT2D eigenvalue weighted by molar-refractivity contribution is 7.00. The van der Waals surface area contributed by atoms with Gasteiger partial charge in [-0.25, -0.2) is 0 Å². The van der Waals surface area contributed by atoms with Gasteiger partial charge in [0, 0.05) is 55.7 Å². The Bertz CT molecular complexity index is 5640. The zero-order valence-electron chi connectivity index (χ0n) is 63.0. The van der Waals surface area contributed by atoms with E-state index in [0.29, 0.717) is 5.69 Å². The number of nitrogens with zero attached hydrogens (tertiary/aromatic N) is 3. The van der Waals surface area contributed by atoms with Crippen LogP contribution in [-0.2, 0) is 21.7 Å². The van der Waals surface area contributed by atoms with E-state index in [4.69, 9.17) is 7.16 Å². The first kappa shape index (κ1) is 49.6. The first-order chi connectivity index (χ1) is 48.0. The molecule has 2 aromatic heterocycles. The van der Waals surface area contributed by atoms with Crippen LogP contribution in [0.3, 0.4) is 0 Å². The van der Waals surface area contributed by atoms with Crippen molar-refractivity contribution in [3.05, 3.63) is 277 Å². The van der Waals surface area contributed by atoms with Gasteiger partial charge in [0.15, 0.2) is 0 Å². The van der Waals surface area contributed by atoms with Crippen molar-refractivity contribution < 1.29 is 15.4 Å². The van der Waals surface area contributed by atoms with Crippen LogP contribution in [0.25, 0.3) is 93.9 Å². The Balaban J connectivity index is 1.12. The van der Waals surface area contributed by atoms with Gasteiger partial charge < -0.3 is 18.8 Å². The quantitative estimate of drug-likeness (QED) is 0.149. The molecule has 0 atom stereocenters. The molecule has 0 radical (unpaired) electrons. The third-order valence-corrected chi connectivity index (χ3v) is 19.4. The Hall–Kier alpha value is -10.1. The zero-order valence-corrected chi connectivity index (χ0v) is 55.0. The molecule has 14 aromatic rings. The Labute approximate surface area is 559 Å². The van der Waals surface area contributed by atoms with Gasteiger partial charge in [0.25, 0.3) is 6.71 Å². The molecule has 2 aliphatic rings. The fourth-order valence-corrected chi connectivity index (χ4v) is 14.4. The van der Waals surface area contributed by atoms with Crippen LogP contribution in [0.5, 0.6) is 0 Å². The second-order valence-electron chi connectivity index (χ2n) is 29.6. The molecule has 93 heavy (non-hydrogen) atoms. The lowest BCUT2D eigenvalue weighted by molar-refractivity contribution is 0.569. The van der Waals surface area contributed by atoms with Gasteiger partial charge in [0.05, 0.1) is 38.8 Å². The van der Waals surface area contributed by atoms with Crippen molar-refractivity contribution in [3.63, 3.8) is 0 Å². The highest BCUT2D eigenvalue weighted by Gasteiger charge is 2.46. The summed E-state index contributed by atoms with van der Waals surface area (Å²) in [6.45, 7) is 26.8. The predicted octanol–water partition coefficient (Wildman–Crippen LogP) is 22.6. The smallest absolute Gasteiger partial charge is 0.252 e. The lowest BCUT2D eigenvalue weighted by Crippen LogP contribution is -2.61. The molecule has 2 aliphatic heterocycles. The molecule has 5 heteroatoms. The van der Waals surface area contributed by atoms with Gasteiger partial charge >= 0.3 is 0 Å². The maximum Gasteiger partial charge on any atom is 0.252 e. The van der Waals surface area contributed by atoms with Crippen LogP contribution in [0, 0.1) is 0 Å². The maximum absolute atomic E-state index is 9.78. The van der Waals surface area contributed by atoms with Crippen molar-refractivity contribution in [1.82, 2.24) is 4.57 Å². The summed E-state index contributed by atoms with van der Waals surface area (Å²) in [6, 6.07) is 71.1. The van der Waals surface area contributed by atoms with Gasteiger partial charge in [-0.1, -0.05) is 265 Å². The normalized spacial score (nSPS) is 14.5. The average Bonchev–Trinajstić information content (AvgIpc) is 1.60. The van der Waals surface area contributed by atoms with Crippen molar-refractivity contribution in [2.45, 2.75) is 105 Å². The first-order valence-electron chi connectivity index (χ1n) is 36.5. The van der Waals surface area contributed by atoms with Crippen molar-refractivity contribution in [3.8, 4) is 50.2 Å². The zero-order chi connectivity index (χ0) is 71.0. The fourth-order valence-electron chi connectivity index (χ4n) is 14.4. The van der Waals surface area contributed by atoms with Crippen LogP contribution in [0.2, 0.25) is 0 Å². The van der Waals surface area contributed by atoms with Gasteiger partial charge in [-0.3, -0.25) is 0 Å². The van der Waals surface area contributed by atoms with Gasteiger partial charge in [-0.05, 0) is 166 Å². The summed E-state index contributed by atoms with van der Waals surface area (Å²) in [5.74, 6) is 0. The number of fused-ring (bicyclic) bond motifs is 10. The molecular formula is C88H78BN3O. The monoisotopic (exact) mass is 1210 g/mol. The summed E-state index contributed by atoms with van der Waals surface area (Å²) in [4.78, 5) is 4.99.